The number of rotatable bonds is 5. The van der Waals surface area contributed by atoms with Crippen molar-refractivity contribution in [3.63, 3.8) is 0 Å². The van der Waals surface area contributed by atoms with E-state index in [0.29, 0.717) is 18.4 Å². The van der Waals surface area contributed by atoms with E-state index in [1.54, 1.807) is 17.6 Å². The highest BCUT2D eigenvalue weighted by atomic mass is 32.2. The summed E-state index contributed by atoms with van der Waals surface area (Å²) in [5.41, 5.74) is 2.27. The third kappa shape index (κ3) is 3.63. The molecule has 0 spiro atoms. The lowest BCUT2D eigenvalue weighted by atomic mass is 9.85. The first-order valence-corrected chi connectivity index (χ1v) is 11.7. The van der Waals surface area contributed by atoms with E-state index in [9.17, 15) is 22.8 Å². The lowest BCUT2D eigenvalue weighted by molar-refractivity contribution is -0.139. The third-order valence-electron chi connectivity index (χ3n) is 6.44. The number of hydrogen-bond acceptors (Lipinski definition) is 6. The molecule has 1 aromatic rings. The maximum absolute atomic E-state index is 13.4. The van der Waals surface area contributed by atoms with E-state index in [2.05, 4.69) is 0 Å². The Morgan fingerprint density at radius 1 is 1.07 bits per heavy atom. The zero-order valence-corrected chi connectivity index (χ0v) is 17.3. The van der Waals surface area contributed by atoms with Crippen LogP contribution in [0.5, 0.6) is 0 Å². The Labute approximate surface area is 175 Å². The lowest BCUT2D eigenvalue weighted by Gasteiger charge is -2.32. The van der Waals surface area contributed by atoms with Gasteiger partial charge in [0, 0.05) is 18.9 Å². The Kier molecular flexibility index (Phi) is 5.65. The van der Waals surface area contributed by atoms with Gasteiger partial charge in [-0.25, -0.2) is 13.9 Å². The van der Waals surface area contributed by atoms with Crippen LogP contribution in [0, 0.1) is 5.92 Å². The third-order valence-corrected chi connectivity index (χ3v) is 8.38. The molecule has 10 heteroatoms. The maximum atomic E-state index is 13.4. The highest BCUT2D eigenvalue weighted by Gasteiger charge is 2.51. The van der Waals surface area contributed by atoms with Crippen molar-refractivity contribution in [1.82, 2.24) is 14.7 Å². The molecule has 162 valence electrons. The predicted octanol–water partition coefficient (Wildman–Crippen LogP) is 1.16. The molecule has 3 amide bonds. The molecule has 0 bridgehead atoms. The van der Waals surface area contributed by atoms with Crippen molar-refractivity contribution in [3.05, 3.63) is 29.8 Å². The number of amides is 3. The number of imide groups is 1. The van der Waals surface area contributed by atoms with E-state index in [0.717, 1.165) is 19.3 Å². The molecule has 4 rings (SSSR count). The summed E-state index contributed by atoms with van der Waals surface area (Å²) in [6.07, 6.45) is 4.27. The second-order valence-corrected chi connectivity index (χ2v) is 10.0. The van der Waals surface area contributed by atoms with Crippen molar-refractivity contribution < 1.29 is 28.0 Å². The molecule has 1 aromatic carbocycles. The van der Waals surface area contributed by atoms with Gasteiger partial charge in [0.15, 0.2) is 0 Å². The first kappa shape index (κ1) is 21.0. The average molecular weight is 436 g/mol. The van der Waals surface area contributed by atoms with E-state index in [-0.39, 0.29) is 48.1 Å². The quantitative estimate of drug-likeness (QED) is 0.406. The first-order chi connectivity index (χ1) is 14.3. The van der Waals surface area contributed by atoms with Gasteiger partial charge >= 0.3 is 0 Å². The fourth-order valence-electron chi connectivity index (χ4n) is 4.93. The number of nitrogens with zero attached hydrogens (tertiary/aromatic N) is 2. The van der Waals surface area contributed by atoms with Crippen LogP contribution in [0.1, 0.15) is 50.5 Å². The van der Waals surface area contributed by atoms with E-state index >= 15 is 0 Å². The largest absolute Gasteiger partial charge is 0.289 e. The molecule has 0 radical (unpaired) electrons. The smallest absolute Gasteiger partial charge is 0.261 e. The van der Waals surface area contributed by atoms with Gasteiger partial charge in [-0.15, -0.1) is 0 Å². The van der Waals surface area contributed by atoms with E-state index in [1.807, 2.05) is 0 Å². The molecule has 30 heavy (non-hydrogen) atoms. The normalized spacial score (nSPS) is 27.4. The number of fused-ring (bicyclic) bond motifs is 1. The van der Waals surface area contributed by atoms with Crippen molar-refractivity contribution in [3.8, 4) is 0 Å². The van der Waals surface area contributed by atoms with E-state index in [4.69, 9.17) is 5.21 Å². The summed E-state index contributed by atoms with van der Waals surface area (Å²) in [5.74, 6) is -1.07. The standard InChI is InChI=1S/C20H25N3O6S/c24-18-9-10-19(25)22(18)12-13-5-7-15(8-6-13)30(28,29)23-16-4-2-1-3-14(16)11-17(23)20(26)21-27/h5-8,14,16-17,27H,1-4,9-12H2,(H,21,26)/t14-,16-,17+/m0/s1. The molecule has 0 aromatic heterocycles. The molecular formula is C20H25N3O6S. The van der Waals surface area contributed by atoms with E-state index < -0.39 is 22.0 Å². The highest BCUT2D eigenvalue weighted by Crippen LogP contribution is 2.42. The second-order valence-electron chi connectivity index (χ2n) is 8.19. The fraction of sp³-hybridized carbons (Fsp3) is 0.550. The van der Waals surface area contributed by atoms with Crippen LogP contribution in [0.3, 0.4) is 0 Å². The molecule has 3 aliphatic rings. The Bertz CT molecular complexity index is 945. The van der Waals surface area contributed by atoms with Crippen molar-refractivity contribution in [2.45, 2.75) is 68.5 Å². The zero-order chi connectivity index (χ0) is 21.5. The number of carbonyl (C=O) groups is 3. The molecule has 2 heterocycles. The van der Waals surface area contributed by atoms with Crippen molar-refractivity contribution in [1.29, 1.82) is 0 Å². The van der Waals surface area contributed by atoms with Gasteiger partial charge in [-0.2, -0.15) is 4.31 Å². The summed E-state index contributed by atoms with van der Waals surface area (Å²) in [6, 6.07) is 4.86. The molecule has 3 fully saturated rings. The number of hydrogen-bond donors (Lipinski definition) is 2. The summed E-state index contributed by atoms with van der Waals surface area (Å²) in [6.45, 7) is 0.113. The number of likely N-dealkylation sites (tertiary alicyclic amines) is 1. The molecule has 9 nitrogen and oxygen atoms in total. The van der Waals surface area contributed by atoms with Gasteiger partial charge in [0.1, 0.15) is 6.04 Å². The molecule has 3 atom stereocenters. The summed E-state index contributed by atoms with van der Waals surface area (Å²) in [7, 11) is -3.97. The van der Waals surface area contributed by atoms with Crippen LogP contribution in [-0.4, -0.2) is 52.6 Å². The van der Waals surface area contributed by atoms with Crippen LogP contribution < -0.4 is 5.48 Å². The van der Waals surface area contributed by atoms with Crippen LogP contribution in [0.25, 0.3) is 0 Å². The summed E-state index contributed by atoms with van der Waals surface area (Å²) in [4.78, 5) is 37.0. The van der Waals surface area contributed by atoms with Gasteiger partial charge in [0.25, 0.3) is 5.91 Å². The number of hydroxylamine groups is 1. The summed E-state index contributed by atoms with van der Waals surface area (Å²) < 4.78 is 28.1. The van der Waals surface area contributed by atoms with Gasteiger partial charge in [-0.05, 0) is 42.9 Å². The molecule has 1 saturated carbocycles. The van der Waals surface area contributed by atoms with Crippen LogP contribution in [0.15, 0.2) is 29.2 Å². The lowest BCUT2D eigenvalue weighted by Crippen LogP contribution is -2.48. The minimum Gasteiger partial charge on any atom is -0.289 e. The number of nitrogens with one attached hydrogen (secondary N) is 1. The minimum absolute atomic E-state index is 0.0484. The van der Waals surface area contributed by atoms with Crippen molar-refractivity contribution >= 4 is 27.7 Å². The van der Waals surface area contributed by atoms with Crippen LogP contribution >= 0.6 is 0 Å². The predicted molar refractivity (Wildman–Crippen MR) is 104 cm³/mol. The molecule has 2 aliphatic heterocycles. The Balaban J connectivity index is 1.59. The monoisotopic (exact) mass is 435 g/mol. The van der Waals surface area contributed by atoms with Crippen LogP contribution in [0.2, 0.25) is 0 Å². The van der Waals surface area contributed by atoms with Gasteiger partial charge < -0.3 is 0 Å². The maximum Gasteiger partial charge on any atom is 0.261 e. The van der Waals surface area contributed by atoms with Gasteiger partial charge in [0.05, 0.1) is 11.4 Å². The minimum atomic E-state index is -3.97. The average Bonchev–Trinajstić information content (AvgIpc) is 3.29. The Morgan fingerprint density at radius 3 is 2.33 bits per heavy atom. The molecule has 2 saturated heterocycles. The first-order valence-electron chi connectivity index (χ1n) is 10.2. The van der Waals surface area contributed by atoms with Gasteiger partial charge in [-0.1, -0.05) is 25.0 Å². The summed E-state index contributed by atoms with van der Waals surface area (Å²) >= 11 is 0. The highest BCUT2D eigenvalue weighted by molar-refractivity contribution is 7.89. The Hall–Kier alpha value is -2.30. The molecule has 1 aliphatic carbocycles. The SMILES string of the molecule is O=C(NO)[C@H]1C[C@@H]2CCCC[C@@H]2N1S(=O)(=O)c1ccc(CN2C(=O)CCC2=O)cc1. The molecule has 0 unspecified atom stereocenters. The summed E-state index contributed by atoms with van der Waals surface area (Å²) in [5, 5.41) is 9.12. The van der Waals surface area contributed by atoms with Crippen molar-refractivity contribution in [2.24, 2.45) is 5.92 Å². The molecule has 2 N–H and O–H groups in total. The van der Waals surface area contributed by atoms with E-state index in [1.165, 1.54) is 21.3 Å². The second kappa shape index (κ2) is 8.09. The topological polar surface area (TPSA) is 124 Å². The number of carbonyl (C=O) groups excluding carboxylic acids is 3. The van der Waals surface area contributed by atoms with Gasteiger partial charge in [0.2, 0.25) is 21.8 Å². The molecular weight excluding hydrogens is 410 g/mol. The number of sulfonamides is 1. The van der Waals surface area contributed by atoms with Gasteiger partial charge in [-0.3, -0.25) is 24.5 Å². The Morgan fingerprint density at radius 2 is 1.70 bits per heavy atom. The number of benzene rings is 1. The fourth-order valence-corrected chi connectivity index (χ4v) is 6.81. The van der Waals surface area contributed by atoms with Crippen LogP contribution in [0.4, 0.5) is 0 Å². The van der Waals surface area contributed by atoms with Crippen molar-refractivity contribution in [2.75, 3.05) is 0 Å². The zero-order valence-electron chi connectivity index (χ0n) is 16.5. The van der Waals surface area contributed by atoms with Crippen LogP contribution in [-0.2, 0) is 31.0 Å².